The maximum absolute atomic E-state index is 11.0. The molecule has 0 aromatic carbocycles. The number of carbonyl (C=O) groups excluding carboxylic acids is 2. The predicted molar refractivity (Wildman–Crippen MR) is 55.6 cm³/mol. The molecule has 15 heavy (non-hydrogen) atoms. The molecule has 0 aromatic heterocycles. The van der Waals surface area contributed by atoms with Gasteiger partial charge >= 0.3 is 0 Å². The highest BCUT2D eigenvalue weighted by Gasteiger charge is 2.12. The zero-order valence-corrected chi connectivity index (χ0v) is 8.79. The maximum atomic E-state index is 11.0. The van der Waals surface area contributed by atoms with Crippen molar-refractivity contribution in [1.82, 2.24) is 15.6 Å². The third-order valence-electron chi connectivity index (χ3n) is 2.44. The molecule has 4 N–H and O–H groups in total. The number of nitrogens with zero attached hydrogens (tertiary/aromatic N) is 1. The molecule has 0 spiro atoms. The largest absolute Gasteiger partial charge is 0.355 e. The van der Waals surface area contributed by atoms with Crippen LogP contribution < -0.4 is 16.6 Å². The molecule has 2 amide bonds. The van der Waals surface area contributed by atoms with Crippen LogP contribution in [0.25, 0.3) is 0 Å². The van der Waals surface area contributed by atoms with Gasteiger partial charge in [0.05, 0.1) is 0 Å². The Bertz CT molecular complexity index is 232. The second kappa shape index (κ2) is 6.36. The summed E-state index contributed by atoms with van der Waals surface area (Å²) in [5.41, 5.74) is 2.10. The van der Waals surface area contributed by atoms with Crippen LogP contribution in [0.3, 0.4) is 0 Å². The number of hydrazine groups is 1. The number of nitrogens with one attached hydrogen (secondary N) is 2. The predicted octanol–water partition coefficient (Wildman–Crippen LogP) is -1.42. The molecule has 1 heterocycles. The Labute approximate surface area is 89.1 Å². The average molecular weight is 214 g/mol. The number of amides is 2. The van der Waals surface area contributed by atoms with Crippen molar-refractivity contribution in [3.63, 3.8) is 0 Å². The van der Waals surface area contributed by atoms with Crippen LogP contribution in [0.2, 0.25) is 0 Å². The summed E-state index contributed by atoms with van der Waals surface area (Å²) in [5, 5.41) is 2.80. The van der Waals surface area contributed by atoms with Gasteiger partial charge in [0.1, 0.15) is 0 Å². The number of rotatable bonds is 4. The van der Waals surface area contributed by atoms with Crippen molar-refractivity contribution in [2.24, 2.45) is 5.84 Å². The van der Waals surface area contributed by atoms with Crippen molar-refractivity contribution >= 4 is 11.8 Å². The number of nitrogens with two attached hydrogens (primary N) is 1. The van der Waals surface area contributed by atoms with Crippen molar-refractivity contribution in [3.05, 3.63) is 0 Å². The van der Waals surface area contributed by atoms with Crippen LogP contribution in [0.1, 0.15) is 19.3 Å². The molecule has 1 fully saturated rings. The Hall–Kier alpha value is -1.14. The van der Waals surface area contributed by atoms with E-state index in [0.29, 0.717) is 19.4 Å². The van der Waals surface area contributed by atoms with Gasteiger partial charge in [-0.25, -0.2) is 5.84 Å². The minimum atomic E-state index is -0.140. The highest BCUT2D eigenvalue weighted by atomic mass is 16.2. The molecule has 1 saturated heterocycles. The molecular formula is C9H18N4O2. The fraction of sp³-hybridized carbons (Fsp3) is 0.778. The number of hydrogen-bond acceptors (Lipinski definition) is 4. The highest BCUT2D eigenvalue weighted by molar-refractivity contribution is 5.76. The first-order valence-electron chi connectivity index (χ1n) is 5.21. The van der Waals surface area contributed by atoms with Gasteiger partial charge in [-0.05, 0) is 13.0 Å². The number of carbonyl (C=O) groups is 2. The first kappa shape index (κ1) is 11.9. The molecule has 0 unspecified atom stereocenters. The third-order valence-corrected chi connectivity index (χ3v) is 2.44. The van der Waals surface area contributed by atoms with Crippen LogP contribution in [-0.2, 0) is 9.59 Å². The fourth-order valence-electron chi connectivity index (χ4n) is 1.57. The van der Waals surface area contributed by atoms with E-state index in [4.69, 9.17) is 5.84 Å². The van der Waals surface area contributed by atoms with Gasteiger partial charge in [-0.1, -0.05) is 0 Å². The quantitative estimate of drug-likeness (QED) is 0.304. The topological polar surface area (TPSA) is 87.5 Å². The van der Waals surface area contributed by atoms with Gasteiger partial charge in [0.25, 0.3) is 0 Å². The lowest BCUT2D eigenvalue weighted by Crippen LogP contribution is -2.32. The van der Waals surface area contributed by atoms with E-state index in [-0.39, 0.29) is 11.8 Å². The number of hydrogen-bond donors (Lipinski definition) is 3. The molecule has 0 atom stereocenters. The van der Waals surface area contributed by atoms with Crippen LogP contribution in [0, 0.1) is 0 Å². The Morgan fingerprint density at radius 2 is 2.33 bits per heavy atom. The molecule has 0 aromatic rings. The van der Waals surface area contributed by atoms with Gasteiger partial charge in [0.2, 0.25) is 11.8 Å². The van der Waals surface area contributed by atoms with E-state index in [1.807, 2.05) is 0 Å². The zero-order valence-electron chi connectivity index (χ0n) is 8.79. The van der Waals surface area contributed by atoms with Crippen LogP contribution >= 0.6 is 0 Å². The standard InChI is InChI=1S/C9H18N4O2/c10-12-9(15)2-1-5-13-6-3-8(14)11-4-7-13/h1-7,10H2,(H,11,14)(H,12,15). The minimum Gasteiger partial charge on any atom is -0.355 e. The van der Waals surface area contributed by atoms with Gasteiger partial charge in [-0.2, -0.15) is 0 Å². The lowest BCUT2D eigenvalue weighted by atomic mass is 10.2. The average Bonchev–Trinajstić information content (AvgIpc) is 2.43. The molecule has 1 aliphatic rings. The molecule has 0 bridgehead atoms. The van der Waals surface area contributed by atoms with Crippen molar-refractivity contribution in [2.75, 3.05) is 26.2 Å². The second-order valence-electron chi connectivity index (χ2n) is 3.61. The van der Waals surface area contributed by atoms with Gasteiger partial charge in [-0.3, -0.25) is 15.0 Å². The Morgan fingerprint density at radius 1 is 1.53 bits per heavy atom. The molecule has 0 saturated carbocycles. The molecule has 86 valence electrons. The van der Waals surface area contributed by atoms with Crippen molar-refractivity contribution in [3.8, 4) is 0 Å². The Morgan fingerprint density at radius 3 is 3.07 bits per heavy atom. The van der Waals surface area contributed by atoms with E-state index in [2.05, 4.69) is 15.6 Å². The Balaban J connectivity index is 2.15. The highest BCUT2D eigenvalue weighted by Crippen LogP contribution is 1.99. The molecule has 6 heteroatoms. The maximum Gasteiger partial charge on any atom is 0.233 e. The normalized spacial score (nSPS) is 18.1. The molecule has 6 nitrogen and oxygen atoms in total. The first-order valence-corrected chi connectivity index (χ1v) is 5.21. The summed E-state index contributed by atoms with van der Waals surface area (Å²) in [5.74, 6) is 4.94. The molecule has 1 rings (SSSR count). The van der Waals surface area contributed by atoms with Crippen LogP contribution in [-0.4, -0.2) is 42.9 Å². The minimum absolute atomic E-state index is 0.109. The summed E-state index contributed by atoms with van der Waals surface area (Å²) in [4.78, 5) is 24.1. The van der Waals surface area contributed by atoms with E-state index in [1.54, 1.807) is 0 Å². The summed E-state index contributed by atoms with van der Waals surface area (Å²) >= 11 is 0. The van der Waals surface area contributed by atoms with E-state index >= 15 is 0 Å². The van der Waals surface area contributed by atoms with E-state index in [0.717, 1.165) is 26.1 Å². The summed E-state index contributed by atoms with van der Waals surface area (Å²) in [7, 11) is 0. The van der Waals surface area contributed by atoms with Gasteiger partial charge in [0.15, 0.2) is 0 Å². The van der Waals surface area contributed by atoms with Gasteiger partial charge in [0, 0.05) is 32.5 Å². The molecule has 0 aliphatic carbocycles. The lowest BCUT2D eigenvalue weighted by Gasteiger charge is -2.18. The van der Waals surface area contributed by atoms with Crippen molar-refractivity contribution in [2.45, 2.75) is 19.3 Å². The zero-order chi connectivity index (χ0) is 11.1. The molecule has 0 radical (unpaired) electrons. The molecular weight excluding hydrogens is 196 g/mol. The summed E-state index contributed by atoms with van der Waals surface area (Å²) in [6.45, 7) is 3.16. The van der Waals surface area contributed by atoms with Gasteiger partial charge < -0.3 is 10.2 Å². The van der Waals surface area contributed by atoms with Crippen molar-refractivity contribution < 1.29 is 9.59 Å². The fourth-order valence-corrected chi connectivity index (χ4v) is 1.57. The van der Waals surface area contributed by atoms with Gasteiger partial charge in [-0.15, -0.1) is 0 Å². The van der Waals surface area contributed by atoms with E-state index in [1.165, 1.54) is 0 Å². The SMILES string of the molecule is NNC(=O)CCCN1CCNC(=O)CC1. The molecule has 1 aliphatic heterocycles. The monoisotopic (exact) mass is 214 g/mol. The third kappa shape index (κ3) is 4.75. The second-order valence-corrected chi connectivity index (χ2v) is 3.61. The summed E-state index contributed by atoms with van der Waals surface area (Å²) < 4.78 is 0. The first-order chi connectivity index (χ1) is 7.22. The van der Waals surface area contributed by atoms with Crippen LogP contribution in [0.4, 0.5) is 0 Å². The van der Waals surface area contributed by atoms with Crippen LogP contribution in [0.5, 0.6) is 0 Å². The summed E-state index contributed by atoms with van der Waals surface area (Å²) in [6.07, 6.45) is 1.76. The van der Waals surface area contributed by atoms with Crippen LogP contribution in [0.15, 0.2) is 0 Å². The smallest absolute Gasteiger partial charge is 0.233 e. The lowest BCUT2D eigenvalue weighted by molar-refractivity contribution is -0.122. The summed E-state index contributed by atoms with van der Waals surface area (Å²) in [6, 6.07) is 0. The van der Waals surface area contributed by atoms with E-state index in [9.17, 15) is 9.59 Å². The van der Waals surface area contributed by atoms with E-state index < -0.39 is 0 Å². The Kier molecular flexibility index (Phi) is 5.06. The van der Waals surface area contributed by atoms with Crippen molar-refractivity contribution in [1.29, 1.82) is 0 Å².